The van der Waals surface area contributed by atoms with E-state index in [4.69, 9.17) is 12.2 Å². The molecule has 1 nitrogen and oxygen atoms in total. The lowest BCUT2D eigenvalue weighted by Crippen LogP contribution is -2.48. The second-order valence-electron chi connectivity index (χ2n) is 4.61. The molecule has 0 atom stereocenters. The molecule has 1 N–H and O–H groups in total. The predicted octanol–water partition coefficient (Wildman–Crippen LogP) is 2.83. The molecule has 0 aromatic heterocycles. The van der Waals surface area contributed by atoms with Crippen LogP contribution in [0.4, 0.5) is 0 Å². The van der Waals surface area contributed by atoms with E-state index in [1.54, 1.807) is 0 Å². The fraction of sp³-hybridized carbons (Fsp3) is 0.909. The molecule has 0 aromatic rings. The maximum atomic E-state index is 5.17. The highest BCUT2D eigenvalue weighted by Gasteiger charge is 2.33. The summed E-state index contributed by atoms with van der Waals surface area (Å²) in [6.45, 7) is 0. The highest BCUT2D eigenvalue weighted by atomic mass is 32.1. The van der Waals surface area contributed by atoms with Crippen LogP contribution >= 0.6 is 12.2 Å². The number of rotatable bonds is 3. The zero-order chi connectivity index (χ0) is 9.15. The highest BCUT2D eigenvalue weighted by Crippen LogP contribution is 2.31. The van der Waals surface area contributed by atoms with Crippen LogP contribution in [0, 0.1) is 0 Å². The summed E-state index contributed by atoms with van der Waals surface area (Å²) in [6.07, 6.45) is 10.8. The molecule has 0 aliphatic heterocycles. The summed E-state index contributed by atoms with van der Waals surface area (Å²) in [5.74, 6) is 0. The molecule has 0 amide bonds. The molecule has 74 valence electrons. The van der Waals surface area contributed by atoms with Gasteiger partial charge in [0.05, 0.1) is 0 Å². The van der Waals surface area contributed by atoms with Crippen molar-refractivity contribution < 1.29 is 0 Å². The Morgan fingerprint density at radius 3 is 2.23 bits per heavy atom. The van der Waals surface area contributed by atoms with Gasteiger partial charge < -0.3 is 5.32 Å². The first-order valence-corrected chi connectivity index (χ1v) is 6.06. The third kappa shape index (κ3) is 2.10. The number of nitrogens with one attached hydrogen (secondary N) is 1. The van der Waals surface area contributed by atoms with Gasteiger partial charge in [-0.15, -0.1) is 0 Å². The Morgan fingerprint density at radius 1 is 1.08 bits per heavy atom. The molecule has 0 unspecified atom stereocenters. The summed E-state index contributed by atoms with van der Waals surface area (Å²) in [7, 11) is 0. The lowest BCUT2D eigenvalue weighted by molar-refractivity contribution is 0.384. The van der Waals surface area contributed by atoms with E-state index in [0.29, 0.717) is 0 Å². The minimum atomic E-state index is 0.240. The average Bonchev–Trinajstić information content (AvgIpc) is 2.77. The summed E-state index contributed by atoms with van der Waals surface area (Å²) < 4.78 is 0. The Morgan fingerprint density at radius 2 is 1.69 bits per heavy atom. The number of thiocarbonyl (C=S) groups is 1. The quantitative estimate of drug-likeness (QED) is 0.698. The topological polar surface area (TPSA) is 12.0 Å². The van der Waals surface area contributed by atoms with Crippen LogP contribution in [-0.4, -0.2) is 16.9 Å². The molecule has 13 heavy (non-hydrogen) atoms. The van der Waals surface area contributed by atoms with Crippen molar-refractivity contribution in [1.82, 2.24) is 5.32 Å². The molecule has 2 aliphatic carbocycles. The molecule has 2 aliphatic rings. The van der Waals surface area contributed by atoms with Gasteiger partial charge in [0.15, 0.2) is 0 Å². The van der Waals surface area contributed by atoms with Crippen LogP contribution in [0.3, 0.4) is 0 Å². The van der Waals surface area contributed by atoms with Crippen molar-refractivity contribution >= 4 is 17.6 Å². The van der Waals surface area contributed by atoms with Gasteiger partial charge in [-0.1, -0.05) is 37.9 Å². The monoisotopic (exact) mass is 197 g/mol. The van der Waals surface area contributed by atoms with Crippen LogP contribution in [0.2, 0.25) is 0 Å². The minimum absolute atomic E-state index is 0.240. The Bertz CT molecular complexity index is 179. The molecule has 0 bridgehead atoms. The normalized spacial score (nSPS) is 28.0. The van der Waals surface area contributed by atoms with Gasteiger partial charge in [-0.3, -0.25) is 0 Å². The zero-order valence-corrected chi connectivity index (χ0v) is 9.04. The summed E-state index contributed by atoms with van der Waals surface area (Å²) in [5.41, 5.74) is 0.240. The van der Waals surface area contributed by atoms with E-state index < -0.39 is 0 Å². The van der Waals surface area contributed by atoms with Crippen molar-refractivity contribution in [3.05, 3.63) is 0 Å². The first kappa shape index (κ1) is 9.60. The second-order valence-corrected chi connectivity index (χ2v) is 4.84. The Labute approximate surface area is 86.3 Å². The Kier molecular flexibility index (Phi) is 2.99. The fourth-order valence-corrected chi connectivity index (χ4v) is 3.08. The minimum Gasteiger partial charge on any atom is -0.304 e. The summed E-state index contributed by atoms with van der Waals surface area (Å²) in [5, 5.41) is 5.78. The molecule has 0 heterocycles. The van der Waals surface area contributed by atoms with E-state index in [1.165, 1.54) is 51.4 Å². The smallest absolute Gasteiger partial charge is 0.0470 e. The van der Waals surface area contributed by atoms with Crippen LogP contribution in [0.15, 0.2) is 0 Å². The van der Waals surface area contributed by atoms with E-state index in [2.05, 4.69) is 5.32 Å². The van der Waals surface area contributed by atoms with Gasteiger partial charge in [-0.25, -0.2) is 0 Å². The molecule has 0 spiro atoms. The third-order valence-corrected chi connectivity index (χ3v) is 4.02. The standard InChI is InChI=1S/C11H19NS/c13-9-11(7-3-4-8-11)12-10-5-1-2-6-10/h9-10,12H,1-8H2. The van der Waals surface area contributed by atoms with Crippen molar-refractivity contribution in [1.29, 1.82) is 0 Å². The molecular weight excluding hydrogens is 178 g/mol. The Hall–Kier alpha value is 0.0500. The summed E-state index contributed by atoms with van der Waals surface area (Å²) >= 11 is 5.17. The van der Waals surface area contributed by atoms with Crippen molar-refractivity contribution in [3.8, 4) is 0 Å². The maximum absolute atomic E-state index is 5.17. The van der Waals surface area contributed by atoms with E-state index >= 15 is 0 Å². The van der Waals surface area contributed by atoms with Crippen LogP contribution in [0.1, 0.15) is 51.4 Å². The van der Waals surface area contributed by atoms with Crippen molar-refractivity contribution in [2.24, 2.45) is 0 Å². The van der Waals surface area contributed by atoms with Crippen LogP contribution in [-0.2, 0) is 0 Å². The lowest BCUT2D eigenvalue weighted by Gasteiger charge is -2.29. The van der Waals surface area contributed by atoms with Gasteiger partial charge in [0.1, 0.15) is 0 Å². The number of hydrogen-bond acceptors (Lipinski definition) is 2. The van der Waals surface area contributed by atoms with Gasteiger partial charge in [-0.05, 0) is 31.1 Å². The number of hydrogen-bond donors (Lipinski definition) is 1. The van der Waals surface area contributed by atoms with Crippen LogP contribution < -0.4 is 5.32 Å². The molecular formula is C11H19NS. The molecule has 2 fully saturated rings. The predicted molar refractivity (Wildman–Crippen MR) is 60.2 cm³/mol. The molecule has 2 heteroatoms. The largest absolute Gasteiger partial charge is 0.304 e. The lowest BCUT2D eigenvalue weighted by atomic mass is 9.98. The average molecular weight is 197 g/mol. The van der Waals surface area contributed by atoms with E-state index in [-0.39, 0.29) is 5.54 Å². The molecule has 2 rings (SSSR count). The maximum Gasteiger partial charge on any atom is 0.0470 e. The van der Waals surface area contributed by atoms with E-state index in [1.807, 2.05) is 5.37 Å². The fourth-order valence-electron chi connectivity index (χ4n) is 2.78. The van der Waals surface area contributed by atoms with Crippen molar-refractivity contribution in [3.63, 3.8) is 0 Å². The molecule has 0 saturated heterocycles. The first-order chi connectivity index (χ1) is 6.35. The third-order valence-electron chi connectivity index (χ3n) is 3.57. The van der Waals surface area contributed by atoms with Crippen LogP contribution in [0.5, 0.6) is 0 Å². The zero-order valence-electron chi connectivity index (χ0n) is 8.22. The van der Waals surface area contributed by atoms with Gasteiger partial charge in [-0.2, -0.15) is 0 Å². The van der Waals surface area contributed by atoms with Crippen molar-refractivity contribution in [2.45, 2.75) is 62.9 Å². The van der Waals surface area contributed by atoms with Gasteiger partial charge in [0, 0.05) is 11.6 Å². The van der Waals surface area contributed by atoms with Crippen molar-refractivity contribution in [2.75, 3.05) is 0 Å². The second kappa shape index (κ2) is 4.05. The van der Waals surface area contributed by atoms with E-state index in [9.17, 15) is 0 Å². The summed E-state index contributed by atoms with van der Waals surface area (Å²) in [6, 6.07) is 0.761. The van der Waals surface area contributed by atoms with E-state index in [0.717, 1.165) is 6.04 Å². The Balaban J connectivity index is 1.92. The molecule has 0 aromatic carbocycles. The molecule has 0 radical (unpaired) electrons. The van der Waals surface area contributed by atoms with Gasteiger partial charge >= 0.3 is 0 Å². The first-order valence-electron chi connectivity index (χ1n) is 5.59. The SMILES string of the molecule is S=CC1(NC2CCCC2)CCCC1. The van der Waals surface area contributed by atoms with Gasteiger partial charge in [0.2, 0.25) is 0 Å². The summed E-state index contributed by atoms with van der Waals surface area (Å²) in [4.78, 5) is 0. The van der Waals surface area contributed by atoms with Gasteiger partial charge in [0.25, 0.3) is 0 Å². The molecule has 2 saturated carbocycles. The highest BCUT2D eigenvalue weighted by molar-refractivity contribution is 7.79. The van der Waals surface area contributed by atoms with Crippen LogP contribution in [0.25, 0.3) is 0 Å².